The number of aliphatic hydroxyl groups excluding tert-OH is 1. The number of amides is 2. The SMILES string of the molecule is CCOC(=O)C[C@@H](C(=O)OCC)[C@@H](NC(=O)[C@@H]1C[C@@H](O)CN1C(C)=O)C(=O)O. The van der Waals surface area contributed by atoms with Crippen LogP contribution in [0.4, 0.5) is 0 Å². The number of carbonyl (C=O) groups is 5. The highest BCUT2D eigenvalue weighted by Crippen LogP contribution is 2.20. The number of likely N-dealkylation sites (tertiary alicyclic amines) is 1. The highest BCUT2D eigenvalue weighted by Gasteiger charge is 2.42. The molecule has 0 saturated carbocycles. The summed E-state index contributed by atoms with van der Waals surface area (Å²) in [5.41, 5.74) is 0. The number of carbonyl (C=O) groups excluding carboxylic acids is 4. The van der Waals surface area contributed by atoms with Gasteiger partial charge >= 0.3 is 17.9 Å². The molecule has 158 valence electrons. The van der Waals surface area contributed by atoms with Crippen molar-refractivity contribution in [2.45, 2.75) is 51.8 Å². The van der Waals surface area contributed by atoms with Gasteiger partial charge in [0.1, 0.15) is 12.1 Å². The molecule has 1 rings (SSSR count). The van der Waals surface area contributed by atoms with Gasteiger partial charge in [-0.05, 0) is 13.8 Å². The molecule has 11 nitrogen and oxygen atoms in total. The van der Waals surface area contributed by atoms with E-state index in [9.17, 15) is 34.2 Å². The maximum absolute atomic E-state index is 12.6. The predicted octanol–water partition coefficient (Wildman–Crippen LogP) is -1.33. The number of aliphatic carboxylic acids is 1. The molecule has 0 unspecified atom stereocenters. The van der Waals surface area contributed by atoms with Gasteiger partial charge in [0, 0.05) is 19.9 Å². The van der Waals surface area contributed by atoms with Crippen molar-refractivity contribution in [1.29, 1.82) is 0 Å². The molecule has 1 aliphatic heterocycles. The second-order valence-electron chi connectivity index (χ2n) is 6.27. The number of carboxylic acids is 1. The summed E-state index contributed by atoms with van der Waals surface area (Å²) in [4.78, 5) is 61.1. The maximum atomic E-state index is 12.6. The van der Waals surface area contributed by atoms with Crippen molar-refractivity contribution in [3.63, 3.8) is 0 Å². The van der Waals surface area contributed by atoms with Gasteiger partial charge in [0.2, 0.25) is 11.8 Å². The molecular weight excluding hydrogens is 376 g/mol. The first-order valence-corrected chi connectivity index (χ1v) is 8.92. The van der Waals surface area contributed by atoms with Crippen LogP contribution in [0.2, 0.25) is 0 Å². The van der Waals surface area contributed by atoms with Crippen molar-refractivity contribution >= 4 is 29.7 Å². The Bertz CT molecular complexity index is 622. The number of aliphatic hydroxyl groups is 1. The first-order valence-electron chi connectivity index (χ1n) is 8.92. The highest BCUT2D eigenvalue weighted by atomic mass is 16.5. The first-order chi connectivity index (χ1) is 13.1. The molecule has 0 aromatic rings. The number of hydrogen-bond acceptors (Lipinski definition) is 8. The van der Waals surface area contributed by atoms with Crippen LogP contribution in [0.15, 0.2) is 0 Å². The Kier molecular flexibility index (Phi) is 8.83. The van der Waals surface area contributed by atoms with E-state index in [1.165, 1.54) is 13.8 Å². The van der Waals surface area contributed by atoms with E-state index < -0.39 is 60.2 Å². The summed E-state index contributed by atoms with van der Waals surface area (Å²) in [5, 5.41) is 21.4. The Labute approximate surface area is 162 Å². The van der Waals surface area contributed by atoms with Crippen molar-refractivity contribution in [2.75, 3.05) is 19.8 Å². The molecule has 0 aliphatic carbocycles. The van der Waals surface area contributed by atoms with E-state index in [0.29, 0.717) is 0 Å². The molecular formula is C17H26N2O9. The van der Waals surface area contributed by atoms with E-state index in [0.717, 1.165) is 4.90 Å². The molecule has 0 aromatic heterocycles. The minimum atomic E-state index is -1.78. The summed E-state index contributed by atoms with van der Waals surface area (Å²) >= 11 is 0. The van der Waals surface area contributed by atoms with Crippen LogP contribution in [-0.2, 0) is 33.4 Å². The number of β-amino-alcohol motifs (C(OH)–C–C–N with tert-alkyl or cyclic N) is 1. The van der Waals surface area contributed by atoms with Crippen molar-refractivity contribution < 1.29 is 43.7 Å². The summed E-state index contributed by atoms with van der Waals surface area (Å²) in [7, 11) is 0. The van der Waals surface area contributed by atoms with Gasteiger partial charge in [-0.1, -0.05) is 0 Å². The van der Waals surface area contributed by atoms with Gasteiger partial charge in [-0.3, -0.25) is 19.2 Å². The summed E-state index contributed by atoms with van der Waals surface area (Å²) in [6.45, 7) is 4.20. The van der Waals surface area contributed by atoms with Crippen LogP contribution in [0.25, 0.3) is 0 Å². The van der Waals surface area contributed by atoms with Gasteiger partial charge in [-0.25, -0.2) is 4.79 Å². The molecule has 1 fully saturated rings. The number of hydrogen-bond donors (Lipinski definition) is 3. The molecule has 0 radical (unpaired) electrons. The number of nitrogens with zero attached hydrogens (tertiary/aromatic N) is 1. The molecule has 3 N–H and O–H groups in total. The van der Waals surface area contributed by atoms with E-state index in [1.807, 2.05) is 0 Å². The fraction of sp³-hybridized carbons (Fsp3) is 0.706. The Morgan fingerprint density at radius 3 is 2.25 bits per heavy atom. The van der Waals surface area contributed by atoms with Crippen molar-refractivity contribution in [3.8, 4) is 0 Å². The van der Waals surface area contributed by atoms with Crippen LogP contribution in [0.1, 0.15) is 33.6 Å². The molecule has 11 heteroatoms. The fourth-order valence-corrected chi connectivity index (χ4v) is 2.98. The first kappa shape index (κ1) is 23.3. The van der Waals surface area contributed by atoms with Gasteiger partial charge in [-0.2, -0.15) is 0 Å². The maximum Gasteiger partial charge on any atom is 0.327 e. The van der Waals surface area contributed by atoms with E-state index in [2.05, 4.69) is 5.32 Å². The van der Waals surface area contributed by atoms with Crippen molar-refractivity contribution in [2.24, 2.45) is 5.92 Å². The third-order valence-corrected chi connectivity index (χ3v) is 4.23. The van der Waals surface area contributed by atoms with Gasteiger partial charge in [0.15, 0.2) is 0 Å². The highest BCUT2D eigenvalue weighted by molar-refractivity contribution is 5.93. The normalized spacial score (nSPS) is 20.8. The minimum absolute atomic E-state index is 0.0337. The van der Waals surface area contributed by atoms with Gasteiger partial charge in [0.25, 0.3) is 0 Å². The number of ether oxygens (including phenoxy) is 2. The fourth-order valence-electron chi connectivity index (χ4n) is 2.98. The van der Waals surface area contributed by atoms with E-state index in [-0.39, 0.29) is 26.2 Å². The second-order valence-corrected chi connectivity index (χ2v) is 6.27. The molecule has 1 aliphatic rings. The van der Waals surface area contributed by atoms with Crippen LogP contribution in [0, 0.1) is 5.92 Å². The molecule has 28 heavy (non-hydrogen) atoms. The topological polar surface area (TPSA) is 160 Å². The Morgan fingerprint density at radius 1 is 1.14 bits per heavy atom. The summed E-state index contributed by atoms with van der Waals surface area (Å²) < 4.78 is 9.59. The zero-order valence-corrected chi connectivity index (χ0v) is 16.0. The van der Waals surface area contributed by atoms with E-state index >= 15 is 0 Å². The minimum Gasteiger partial charge on any atom is -0.480 e. The van der Waals surface area contributed by atoms with Gasteiger partial charge in [0.05, 0.1) is 31.7 Å². The smallest absolute Gasteiger partial charge is 0.327 e. The Morgan fingerprint density at radius 2 is 1.75 bits per heavy atom. The number of rotatable bonds is 9. The zero-order valence-electron chi connectivity index (χ0n) is 16.0. The molecule has 0 bridgehead atoms. The monoisotopic (exact) mass is 402 g/mol. The summed E-state index contributed by atoms with van der Waals surface area (Å²) in [6, 6.07) is -2.86. The quantitative estimate of drug-likeness (QED) is 0.397. The third-order valence-electron chi connectivity index (χ3n) is 4.23. The number of nitrogens with one attached hydrogen (secondary N) is 1. The standard InChI is InChI=1S/C17H26N2O9/c1-4-27-13(22)7-11(17(26)28-5-2)14(16(24)25)18-15(23)12-6-10(21)8-19(12)9(3)20/h10-12,14,21H,4-8H2,1-3H3,(H,18,23)(H,24,25)/t10-,11-,12+,14-/m1/s1. The van der Waals surface area contributed by atoms with Crippen LogP contribution in [0.5, 0.6) is 0 Å². The van der Waals surface area contributed by atoms with Crippen LogP contribution < -0.4 is 5.32 Å². The lowest BCUT2D eigenvalue weighted by atomic mass is 9.95. The molecule has 0 spiro atoms. The average molecular weight is 402 g/mol. The van der Waals surface area contributed by atoms with E-state index in [4.69, 9.17) is 9.47 Å². The summed E-state index contributed by atoms with van der Waals surface area (Å²) in [6.07, 6.45) is -1.60. The lowest BCUT2D eigenvalue weighted by molar-refractivity contribution is -0.160. The number of esters is 2. The Balaban J connectivity index is 3.04. The number of carboxylic acid groups (broad SMARTS) is 1. The van der Waals surface area contributed by atoms with E-state index in [1.54, 1.807) is 6.92 Å². The molecule has 4 atom stereocenters. The Hall–Kier alpha value is -2.69. The van der Waals surface area contributed by atoms with Crippen molar-refractivity contribution in [3.05, 3.63) is 0 Å². The van der Waals surface area contributed by atoms with Crippen LogP contribution in [0.3, 0.4) is 0 Å². The van der Waals surface area contributed by atoms with Crippen LogP contribution >= 0.6 is 0 Å². The molecule has 0 aromatic carbocycles. The predicted molar refractivity (Wildman–Crippen MR) is 92.7 cm³/mol. The molecule has 1 heterocycles. The van der Waals surface area contributed by atoms with Crippen LogP contribution in [-0.4, -0.2) is 82.8 Å². The zero-order chi connectivity index (χ0) is 21.4. The van der Waals surface area contributed by atoms with Gasteiger partial charge in [-0.15, -0.1) is 0 Å². The van der Waals surface area contributed by atoms with Gasteiger partial charge < -0.3 is 29.9 Å². The molecule has 1 saturated heterocycles. The summed E-state index contributed by atoms with van der Waals surface area (Å²) in [5.74, 6) is -6.17. The lowest BCUT2D eigenvalue weighted by Gasteiger charge is -2.27. The average Bonchev–Trinajstić information content (AvgIpc) is 3.00. The van der Waals surface area contributed by atoms with Crippen molar-refractivity contribution in [1.82, 2.24) is 10.2 Å². The second kappa shape index (κ2) is 10.6. The molecule has 2 amide bonds. The third kappa shape index (κ3) is 6.19. The largest absolute Gasteiger partial charge is 0.480 e. The lowest BCUT2D eigenvalue weighted by Crippen LogP contribution is -2.54.